The number of fused-ring (bicyclic) bond motifs is 1. The van der Waals surface area contributed by atoms with Gasteiger partial charge >= 0.3 is 0 Å². The highest BCUT2D eigenvalue weighted by Crippen LogP contribution is 2.46. The molecule has 2 saturated carbocycles. The Morgan fingerprint density at radius 3 is 2.53 bits per heavy atom. The molecule has 2 aromatic heterocycles. The predicted octanol–water partition coefficient (Wildman–Crippen LogP) is 4.41. The first-order chi connectivity index (χ1) is 15.6. The van der Waals surface area contributed by atoms with Crippen LogP contribution in [0, 0.1) is 23.6 Å². The van der Waals surface area contributed by atoms with Crippen LogP contribution in [0.1, 0.15) is 43.6 Å². The number of methoxy groups -OCH3 is 1. The molecule has 2 unspecified atom stereocenters. The van der Waals surface area contributed by atoms with Crippen molar-refractivity contribution in [2.75, 3.05) is 50.1 Å². The average molecular weight is 438 g/mol. The first kappa shape index (κ1) is 20.2. The second-order valence-corrected chi connectivity index (χ2v) is 10.2. The number of hydrogen-bond donors (Lipinski definition) is 1. The minimum absolute atomic E-state index is 0.146. The molecule has 7 heteroatoms. The van der Waals surface area contributed by atoms with Crippen LogP contribution in [0.25, 0.3) is 0 Å². The summed E-state index contributed by atoms with van der Waals surface area (Å²) in [6.45, 7) is 5.86. The van der Waals surface area contributed by atoms with Crippen molar-refractivity contribution in [2.45, 2.75) is 38.0 Å². The zero-order valence-electron chi connectivity index (χ0n) is 18.8. The number of nitrogens with one attached hydrogen (secondary N) is 1. The third-order valence-electron chi connectivity index (χ3n) is 7.71. The number of ether oxygens (including phenoxy) is 1. The van der Waals surface area contributed by atoms with Crippen LogP contribution in [-0.2, 0) is 0 Å². The Labute approximate surface area is 189 Å². The highest BCUT2D eigenvalue weighted by molar-refractivity contribution is 5.59. The first-order valence-corrected chi connectivity index (χ1v) is 12.1. The van der Waals surface area contributed by atoms with Gasteiger partial charge in [-0.05, 0) is 86.6 Å². The number of rotatable bonds is 7. The van der Waals surface area contributed by atoms with Crippen molar-refractivity contribution < 1.29 is 9.13 Å². The van der Waals surface area contributed by atoms with E-state index in [1.165, 1.54) is 76.7 Å². The molecule has 4 fully saturated rings. The Morgan fingerprint density at radius 2 is 1.84 bits per heavy atom. The maximum Gasteiger partial charge on any atom is 0.172 e. The molecule has 6 nitrogen and oxygen atoms in total. The lowest BCUT2D eigenvalue weighted by Gasteiger charge is -2.33. The lowest BCUT2D eigenvalue weighted by molar-refractivity contribution is 0.204. The van der Waals surface area contributed by atoms with Gasteiger partial charge in [0.05, 0.1) is 13.3 Å². The standard InChI is InChI=1S/C25H32FN5O/c1-32-22-12-27-23(11-21(22)26)28-24-9-18(10-25(29-24)31-14-19-8-20(19)15-31)17-4-6-30(7-5-17)13-16-2-3-16/h9-12,16-17,19-20H,2-8,13-15H2,1H3,(H,27,28,29). The van der Waals surface area contributed by atoms with Gasteiger partial charge in [0, 0.05) is 25.7 Å². The minimum Gasteiger partial charge on any atom is -0.492 e. The summed E-state index contributed by atoms with van der Waals surface area (Å²) in [7, 11) is 1.45. The van der Waals surface area contributed by atoms with Crippen LogP contribution in [0.15, 0.2) is 24.4 Å². The second-order valence-electron chi connectivity index (χ2n) is 10.2. The van der Waals surface area contributed by atoms with E-state index < -0.39 is 5.82 Å². The van der Waals surface area contributed by atoms with E-state index >= 15 is 0 Å². The number of likely N-dealkylation sites (tertiary alicyclic amines) is 1. The van der Waals surface area contributed by atoms with Gasteiger partial charge in [-0.2, -0.15) is 0 Å². The van der Waals surface area contributed by atoms with Crippen molar-refractivity contribution in [3.8, 4) is 5.75 Å². The topological polar surface area (TPSA) is 53.5 Å². The number of hydrogen-bond acceptors (Lipinski definition) is 6. The van der Waals surface area contributed by atoms with E-state index in [4.69, 9.17) is 9.72 Å². The van der Waals surface area contributed by atoms with Gasteiger partial charge in [-0.1, -0.05) is 0 Å². The number of anilines is 3. The Balaban J connectivity index is 1.23. The molecule has 0 bridgehead atoms. The zero-order valence-corrected chi connectivity index (χ0v) is 18.8. The number of pyridine rings is 2. The highest BCUT2D eigenvalue weighted by Gasteiger charge is 2.45. The fourth-order valence-corrected chi connectivity index (χ4v) is 5.47. The van der Waals surface area contributed by atoms with Crippen molar-refractivity contribution in [1.82, 2.24) is 14.9 Å². The normalized spacial score (nSPS) is 25.6. The molecule has 2 saturated heterocycles. The van der Waals surface area contributed by atoms with Gasteiger partial charge in [0.1, 0.15) is 17.5 Å². The fraction of sp³-hybridized carbons (Fsp3) is 0.600. The molecule has 0 amide bonds. The van der Waals surface area contributed by atoms with Gasteiger partial charge in [0.2, 0.25) is 0 Å². The molecular weight excluding hydrogens is 405 g/mol. The summed E-state index contributed by atoms with van der Waals surface area (Å²) in [6, 6.07) is 5.82. The molecule has 170 valence electrons. The number of aromatic nitrogens is 2. The summed E-state index contributed by atoms with van der Waals surface area (Å²) in [4.78, 5) is 14.3. The van der Waals surface area contributed by atoms with Crippen LogP contribution in [0.3, 0.4) is 0 Å². The van der Waals surface area contributed by atoms with Gasteiger partial charge in [-0.3, -0.25) is 0 Å². The monoisotopic (exact) mass is 437 g/mol. The van der Waals surface area contributed by atoms with Gasteiger partial charge in [0.15, 0.2) is 11.6 Å². The molecule has 0 spiro atoms. The van der Waals surface area contributed by atoms with E-state index in [2.05, 4.69) is 32.2 Å². The first-order valence-electron chi connectivity index (χ1n) is 12.1. The van der Waals surface area contributed by atoms with Crippen LogP contribution < -0.4 is 15.0 Å². The van der Waals surface area contributed by atoms with Gasteiger partial charge in [-0.15, -0.1) is 0 Å². The Morgan fingerprint density at radius 1 is 1.06 bits per heavy atom. The lowest BCUT2D eigenvalue weighted by atomic mass is 9.89. The smallest absolute Gasteiger partial charge is 0.172 e. The molecule has 2 aliphatic heterocycles. The van der Waals surface area contributed by atoms with Crippen molar-refractivity contribution in [3.63, 3.8) is 0 Å². The minimum atomic E-state index is -0.427. The predicted molar refractivity (Wildman–Crippen MR) is 123 cm³/mol. The Hall–Kier alpha value is -2.41. The maximum atomic E-state index is 14.2. The Kier molecular flexibility index (Phi) is 5.17. The van der Waals surface area contributed by atoms with Crippen molar-refractivity contribution in [3.05, 3.63) is 35.8 Å². The van der Waals surface area contributed by atoms with E-state index in [9.17, 15) is 4.39 Å². The largest absolute Gasteiger partial charge is 0.492 e. The lowest BCUT2D eigenvalue weighted by Crippen LogP contribution is -2.34. The van der Waals surface area contributed by atoms with E-state index in [1.807, 2.05) is 0 Å². The van der Waals surface area contributed by atoms with Crippen molar-refractivity contribution in [2.24, 2.45) is 17.8 Å². The van der Waals surface area contributed by atoms with Crippen molar-refractivity contribution >= 4 is 17.5 Å². The van der Waals surface area contributed by atoms with E-state index in [0.717, 1.165) is 42.5 Å². The Bertz CT molecular complexity index is 978. The molecule has 0 radical (unpaired) electrons. The van der Waals surface area contributed by atoms with Gasteiger partial charge in [0.25, 0.3) is 0 Å². The summed E-state index contributed by atoms with van der Waals surface area (Å²) in [5.74, 6) is 5.15. The van der Waals surface area contributed by atoms with Crippen LogP contribution in [0.2, 0.25) is 0 Å². The SMILES string of the molecule is COc1cnc(Nc2cc(C3CCN(CC4CC4)CC3)cc(N3CC4CC4C3)n2)cc1F. The molecule has 2 aliphatic carbocycles. The molecule has 1 N–H and O–H groups in total. The van der Waals surface area contributed by atoms with E-state index in [-0.39, 0.29) is 5.75 Å². The van der Waals surface area contributed by atoms with E-state index in [0.29, 0.717) is 11.7 Å². The third kappa shape index (κ3) is 4.27. The van der Waals surface area contributed by atoms with Crippen LogP contribution in [-0.4, -0.2) is 54.7 Å². The van der Waals surface area contributed by atoms with Gasteiger partial charge in [-0.25, -0.2) is 14.4 Å². The summed E-state index contributed by atoms with van der Waals surface area (Å²) in [6.07, 6.45) is 8.00. The molecule has 4 heterocycles. The number of piperidine rings is 2. The van der Waals surface area contributed by atoms with Crippen molar-refractivity contribution in [1.29, 1.82) is 0 Å². The second kappa shape index (κ2) is 8.18. The molecule has 2 atom stereocenters. The van der Waals surface area contributed by atoms with E-state index in [1.54, 1.807) is 0 Å². The molecule has 6 rings (SSSR count). The molecular formula is C25H32FN5O. The zero-order chi connectivity index (χ0) is 21.7. The molecule has 0 aromatic carbocycles. The number of halogens is 1. The third-order valence-corrected chi connectivity index (χ3v) is 7.71. The maximum absolute atomic E-state index is 14.2. The number of nitrogens with zero attached hydrogens (tertiary/aromatic N) is 4. The van der Waals surface area contributed by atoms with Crippen LogP contribution in [0.4, 0.5) is 21.8 Å². The quantitative estimate of drug-likeness (QED) is 0.692. The summed E-state index contributed by atoms with van der Waals surface area (Å²) >= 11 is 0. The van der Waals surface area contributed by atoms with Crippen LogP contribution >= 0.6 is 0 Å². The highest BCUT2D eigenvalue weighted by atomic mass is 19.1. The summed E-state index contributed by atoms with van der Waals surface area (Å²) < 4.78 is 19.2. The molecule has 32 heavy (non-hydrogen) atoms. The van der Waals surface area contributed by atoms with Gasteiger partial charge < -0.3 is 19.9 Å². The summed E-state index contributed by atoms with van der Waals surface area (Å²) in [5, 5.41) is 3.25. The fourth-order valence-electron chi connectivity index (χ4n) is 5.47. The molecule has 4 aliphatic rings. The average Bonchev–Trinajstić information content (AvgIpc) is 3.73. The summed E-state index contributed by atoms with van der Waals surface area (Å²) in [5.41, 5.74) is 1.35. The van der Waals surface area contributed by atoms with Crippen LogP contribution in [0.5, 0.6) is 5.75 Å². The molecule has 2 aromatic rings.